The van der Waals surface area contributed by atoms with Crippen LogP contribution in [0.25, 0.3) is 0 Å². The molecular weight excluding hydrogens is 202 g/mol. The predicted molar refractivity (Wildman–Crippen MR) is 40.7 cm³/mol. The Bertz CT molecular complexity index is 317. The topological polar surface area (TPSA) is 62.6 Å². The molecule has 0 aromatic carbocycles. The third kappa shape index (κ3) is 3.23. The molecule has 0 radical (unpaired) electrons. The van der Waals surface area contributed by atoms with Crippen molar-refractivity contribution in [3.63, 3.8) is 0 Å². The fourth-order valence-electron chi connectivity index (χ4n) is 0.760. The molecule has 0 atom stereocenters. The van der Waals surface area contributed by atoms with Crippen LogP contribution >= 0.6 is 0 Å². The average molecular weight is 207 g/mol. The summed E-state index contributed by atoms with van der Waals surface area (Å²) in [6.07, 6.45) is -3.86. The quantitative estimate of drug-likeness (QED) is 0.651. The maximum Gasteiger partial charge on any atom is 0.574 e. The van der Waals surface area contributed by atoms with Crippen molar-refractivity contribution in [2.75, 3.05) is 0 Å². The highest BCUT2D eigenvalue weighted by Crippen LogP contribution is 2.19. The number of ether oxygens (including phenoxy) is 1. The molecule has 0 saturated carbocycles. The van der Waals surface area contributed by atoms with Crippen LogP contribution in [0.2, 0.25) is 0 Å². The first kappa shape index (κ1) is 10.8. The van der Waals surface area contributed by atoms with Gasteiger partial charge in [-0.2, -0.15) is 0 Å². The second kappa shape index (κ2) is 3.85. The van der Waals surface area contributed by atoms with E-state index in [0.29, 0.717) is 0 Å². The Hall–Kier alpha value is -1.28. The van der Waals surface area contributed by atoms with Crippen LogP contribution in [-0.4, -0.2) is 28.5 Å². The first-order valence-electron chi connectivity index (χ1n) is 3.46. The molecule has 1 aromatic heterocycles. The van der Waals surface area contributed by atoms with Crippen molar-refractivity contribution in [3.8, 4) is 5.88 Å². The van der Waals surface area contributed by atoms with Crippen molar-refractivity contribution in [1.29, 1.82) is 0 Å². The highest BCUT2D eigenvalue weighted by molar-refractivity contribution is 6.58. The number of hydrogen-bond acceptors (Lipinski definition) is 4. The van der Waals surface area contributed by atoms with Gasteiger partial charge >= 0.3 is 13.5 Å². The molecule has 0 spiro atoms. The van der Waals surface area contributed by atoms with E-state index in [9.17, 15) is 13.2 Å². The van der Waals surface area contributed by atoms with Crippen LogP contribution in [0.5, 0.6) is 5.88 Å². The Kier molecular flexibility index (Phi) is 2.97. The van der Waals surface area contributed by atoms with Gasteiger partial charge < -0.3 is 14.8 Å². The lowest BCUT2D eigenvalue weighted by Gasteiger charge is -2.08. The molecule has 14 heavy (non-hydrogen) atoms. The van der Waals surface area contributed by atoms with E-state index in [1.807, 2.05) is 0 Å². The molecule has 0 amide bonds. The van der Waals surface area contributed by atoms with Gasteiger partial charge in [-0.3, -0.25) is 0 Å². The maximum absolute atomic E-state index is 11.7. The van der Waals surface area contributed by atoms with Gasteiger partial charge in [-0.25, -0.2) is 4.98 Å². The molecule has 0 aliphatic carbocycles. The highest BCUT2D eigenvalue weighted by Gasteiger charge is 2.32. The Balaban J connectivity index is 2.84. The van der Waals surface area contributed by atoms with Gasteiger partial charge in [0.15, 0.2) is 0 Å². The lowest BCUT2D eigenvalue weighted by molar-refractivity contribution is -0.276. The molecular formula is C6H5BF3NO3. The van der Waals surface area contributed by atoms with E-state index in [1.54, 1.807) is 0 Å². The van der Waals surface area contributed by atoms with Crippen LogP contribution in [0, 0.1) is 0 Å². The molecule has 8 heteroatoms. The van der Waals surface area contributed by atoms with Crippen LogP contribution in [0.15, 0.2) is 18.3 Å². The van der Waals surface area contributed by atoms with E-state index in [0.717, 1.165) is 18.3 Å². The van der Waals surface area contributed by atoms with Gasteiger partial charge in [0.1, 0.15) is 0 Å². The van der Waals surface area contributed by atoms with Gasteiger partial charge in [-0.1, -0.05) is 0 Å². The van der Waals surface area contributed by atoms with Crippen LogP contribution in [0.4, 0.5) is 13.2 Å². The van der Waals surface area contributed by atoms with Gasteiger partial charge in [-0.05, 0) is 11.5 Å². The number of rotatable bonds is 2. The van der Waals surface area contributed by atoms with Crippen molar-refractivity contribution < 1.29 is 28.0 Å². The summed E-state index contributed by atoms with van der Waals surface area (Å²) in [5.41, 5.74) is -0.126. The first-order chi connectivity index (χ1) is 6.38. The summed E-state index contributed by atoms with van der Waals surface area (Å²) in [6, 6.07) is 1.95. The third-order valence-electron chi connectivity index (χ3n) is 1.28. The Morgan fingerprint density at radius 3 is 2.50 bits per heavy atom. The summed E-state index contributed by atoms with van der Waals surface area (Å²) in [7, 11) is -1.85. The van der Waals surface area contributed by atoms with Crippen LogP contribution < -0.4 is 10.2 Å². The van der Waals surface area contributed by atoms with Crippen LogP contribution in [0.1, 0.15) is 0 Å². The van der Waals surface area contributed by atoms with Crippen molar-refractivity contribution in [1.82, 2.24) is 4.98 Å². The van der Waals surface area contributed by atoms with E-state index in [2.05, 4.69) is 9.72 Å². The summed E-state index contributed by atoms with van der Waals surface area (Å²) in [4.78, 5) is 3.24. The molecule has 0 saturated heterocycles. The van der Waals surface area contributed by atoms with Crippen molar-refractivity contribution >= 4 is 12.6 Å². The molecule has 0 fully saturated rings. The summed E-state index contributed by atoms with van der Waals surface area (Å²) < 4.78 is 38.5. The molecule has 1 aromatic rings. The second-order valence-electron chi connectivity index (χ2n) is 2.35. The second-order valence-corrected chi connectivity index (χ2v) is 2.35. The molecule has 0 bridgehead atoms. The molecule has 76 valence electrons. The third-order valence-corrected chi connectivity index (χ3v) is 1.28. The van der Waals surface area contributed by atoms with E-state index >= 15 is 0 Å². The molecule has 0 aliphatic rings. The standard InChI is InChI=1S/C6H5BF3NO3/c8-6(9,10)14-5-3-4(7(12)13)1-2-11-5/h1-3,12-13H. The first-order valence-corrected chi connectivity index (χ1v) is 3.46. The SMILES string of the molecule is OB(O)c1ccnc(OC(F)(F)F)c1. The fraction of sp³-hybridized carbons (Fsp3) is 0.167. The van der Waals surface area contributed by atoms with Crippen molar-refractivity contribution in [2.45, 2.75) is 6.36 Å². The van der Waals surface area contributed by atoms with Gasteiger partial charge in [0.2, 0.25) is 5.88 Å². The van der Waals surface area contributed by atoms with Crippen molar-refractivity contribution in [2.24, 2.45) is 0 Å². The monoisotopic (exact) mass is 207 g/mol. The summed E-state index contributed by atoms with van der Waals surface area (Å²) in [6.45, 7) is 0. The normalized spacial score (nSPS) is 11.2. The summed E-state index contributed by atoms with van der Waals surface area (Å²) in [5, 5.41) is 17.3. The Morgan fingerprint density at radius 2 is 2.00 bits per heavy atom. The largest absolute Gasteiger partial charge is 0.574 e. The van der Waals surface area contributed by atoms with Crippen LogP contribution in [0.3, 0.4) is 0 Å². The molecule has 1 heterocycles. The van der Waals surface area contributed by atoms with Gasteiger partial charge in [0.05, 0.1) is 0 Å². The number of alkyl halides is 3. The minimum Gasteiger partial charge on any atom is -0.423 e. The average Bonchev–Trinajstić information content (AvgIpc) is 2.01. The number of aromatic nitrogens is 1. The summed E-state index contributed by atoms with van der Waals surface area (Å²) >= 11 is 0. The molecule has 2 N–H and O–H groups in total. The number of pyridine rings is 1. The summed E-state index contributed by atoms with van der Waals surface area (Å²) in [5.74, 6) is -0.733. The van der Waals surface area contributed by atoms with E-state index in [-0.39, 0.29) is 5.46 Å². The zero-order valence-electron chi connectivity index (χ0n) is 6.69. The maximum atomic E-state index is 11.7. The highest BCUT2D eigenvalue weighted by atomic mass is 19.4. The van der Waals surface area contributed by atoms with Gasteiger partial charge in [-0.15, -0.1) is 13.2 Å². The number of hydrogen-bond donors (Lipinski definition) is 2. The Morgan fingerprint density at radius 1 is 1.36 bits per heavy atom. The van der Waals surface area contributed by atoms with Gasteiger partial charge in [0, 0.05) is 12.3 Å². The van der Waals surface area contributed by atoms with E-state index in [1.165, 1.54) is 0 Å². The zero-order valence-corrected chi connectivity index (χ0v) is 6.69. The fourth-order valence-corrected chi connectivity index (χ4v) is 0.760. The van der Waals surface area contributed by atoms with Gasteiger partial charge in [0.25, 0.3) is 0 Å². The lowest BCUT2D eigenvalue weighted by atomic mass is 9.81. The molecule has 0 unspecified atom stereocenters. The van der Waals surface area contributed by atoms with E-state index in [4.69, 9.17) is 10.0 Å². The Labute approximate surface area is 77.1 Å². The molecule has 4 nitrogen and oxygen atoms in total. The predicted octanol–water partition coefficient (Wildman–Crippen LogP) is -0.340. The van der Waals surface area contributed by atoms with Crippen molar-refractivity contribution in [3.05, 3.63) is 18.3 Å². The molecule has 1 rings (SSSR count). The van der Waals surface area contributed by atoms with E-state index < -0.39 is 19.4 Å². The lowest BCUT2D eigenvalue weighted by Crippen LogP contribution is -2.30. The van der Waals surface area contributed by atoms with Crippen LogP contribution in [-0.2, 0) is 0 Å². The molecule has 0 aliphatic heterocycles. The minimum absolute atomic E-state index is 0.126. The number of halogens is 3. The zero-order chi connectivity index (χ0) is 10.8. The number of nitrogens with zero attached hydrogens (tertiary/aromatic N) is 1. The smallest absolute Gasteiger partial charge is 0.423 e. The minimum atomic E-state index is -4.84.